The van der Waals surface area contributed by atoms with Gasteiger partial charge in [-0.25, -0.2) is 0 Å². The summed E-state index contributed by atoms with van der Waals surface area (Å²) in [4.78, 5) is 13.8. The molecule has 1 fully saturated rings. The molecule has 1 atom stereocenters. The fourth-order valence-corrected chi connectivity index (χ4v) is 2.84. The maximum absolute atomic E-state index is 11.7. The van der Waals surface area contributed by atoms with E-state index in [1.807, 2.05) is 25.1 Å². The van der Waals surface area contributed by atoms with Gasteiger partial charge in [0.25, 0.3) is 0 Å². The second kappa shape index (κ2) is 5.02. The largest absolute Gasteiger partial charge is 0.388 e. The summed E-state index contributed by atoms with van der Waals surface area (Å²) >= 11 is 3.44. The normalized spacial score (nSPS) is 24.1. The number of aliphatic hydroxyl groups is 1. The fourth-order valence-electron chi connectivity index (χ4n) is 2.49. The van der Waals surface area contributed by atoms with Gasteiger partial charge in [-0.2, -0.15) is 0 Å². The van der Waals surface area contributed by atoms with Gasteiger partial charge >= 0.3 is 0 Å². The van der Waals surface area contributed by atoms with E-state index in [4.69, 9.17) is 0 Å². The molecule has 0 aliphatic carbocycles. The number of benzene rings is 1. The smallest absolute Gasteiger partial charge is 0.161 e. The Balaban J connectivity index is 2.37. The summed E-state index contributed by atoms with van der Waals surface area (Å²) in [5.74, 6) is 0.0581. The maximum atomic E-state index is 11.7. The molecule has 3 nitrogen and oxygen atoms in total. The standard InChI is InChI=1S/C14H18BrNO2/c1-10(17)12-5-4-11(15)8-13(12)16-7-3-6-14(2,18)9-16/h4-5,8,18H,3,6-7,9H2,1-2H3. The van der Waals surface area contributed by atoms with Gasteiger partial charge in [0.1, 0.15) is 0 Å². The van der Waals surface area contributed by atoms with Gasteiger partial charge in [-0.3, -0.25) is 4.79 Å². The van der Waals surface area contributed by atoms with Crippen molar-refractivity contribution in [3.8, 4) is 0 Å². The molecule has 4 heteroatoms. The summed E-state index contributed by atoms with van der Waals surface area (Å²) in [5.41, 5.74) is 0.960. The number of nitrogens with zero attached hydrogens (tertiary/aromatic N) is 1. The van der Waals surface area contributed by atoms with Gasteiger partial charge in [-0.15, -0.1) is 0 Å². The highest BCUT2D eigenvalue weighted by Gasteiger charge is 2.29. The summed E-state index contributed by atoms with van der Waals surface area (Å²) in [7, 11) is 0. The lowest BCUT2D eigenvalue weighted by atomic mass is 9.94. The Morgan fingerprint density at radius 2 is 2.22 bits per heavy atom. The average molecular weight is 312 g/mol. The zero-order valence-corrected chi connectivity index (χ0v) is 12.3. The van der Waals surface area contributed by atoms with Crippen molar-refractivity contribution in [3.63, 3.8) is 0 Å². The molecule has 2 rings (SSSR count). The third-order valence-electron chi connectivity index (χ3n) is 3.35. The molecular weight excluding hydrogens is 294 g/mol. The molecule has 0 amide bonds. The first kappa shape index (κ1) is 13.6. The SMILES string of the molecule is CC(=O)c1ccc(Br)cc1N1CCCC(C)(O)C1. The summed E-state index contributed by atoms with van der Waals surface area (Å²) in [6, 6.07) is 5.67. The topological polar surface area (TPSA) is 40.5 Å². The van der Waals surface area contributed by atoms with Crippen LogP contribution in [0.2, 0.25) is 0 Å². The number of hydrogen-bond acceptors (Lipinski definition) is 3. The van der Waals surface area contributed by atoms with Crippen LogP contribution in [-0.2, 0) is 0 Å². The van der Waals surface area contributed by atoms with E-state index in [2.05, 4.69) is 20.8 Å². The molecule has 1 aromatic carbocycles. The first-order valence-electron chi connectivity index (χ1n) is 6.17. The lowest BCUT2D eigenvalue weighted by Gasteiger charge is -2.39. The molecule has 1 aliphatic heterocycles. The summed E-state index contributed by atoms with van der Waals surface area (Å²) in [6.45, 7) is 4.88. The van der Waals surface area contributed by atoms with Crippen LogP contribution in [0.5, 0.6) is 0 Å². The van der Waals surface area contributed by atoms with Crippen LogP contribution in [0.1, 0.15) is 37.0 Å². The van der Waals surface area contributed by atoms with Crippen LogP contribution < -0.4 is 4.90 Å². The van der Waals surface area contributed by atoms with Crippen molar-refractivity contribution in [2.45, 2.75) is 32.3 Å². The number of Topliss-reactive ketones (excluding diaryl/α,β-unsaturated/α-hetero) is 1. The minimum Gasteiger partial charge on any atom is -0.388 e. The zero-order valence-electron chi connectivity index (χ0n) is 10.7. The molecule has 0 aromatic heterocycles. The zero-order chi connectivity index (χ0) is 13.3. The summed E-state index contributed by atoms with van der Waals surface area (Å²) in [6.07, 6.45) is 1.75. The highest BCUT2D eigenvalue weighted by molar-refractivity contribution is 9.10. The number of β-amino-alcohol motifs (C(OH)–C–C–N with tert-alkyl or cyclic N) is 1. The lowest BCUT2D eigenvalue weighted by molar-refractivity contribution is 0.0448. The molecule has 1 aliphatic rings. The molecule has 1 heterocycles. The Kier molecular flexibility index (Phi) is 3.78. The number of carbonyl (C=O) groups excluding carboxylic acids is 1. The van der Waals surface area contributed by atoms with Crippen LogP contribution in [0.3, 0.4) is 0 Å². The van der Waals surface area contributed by atoms with Crippen molar-refractivity contribution < 1.29 is 9.90 Å². The molecule has 18 heavy (non-hydrogen) atoms. The third kappa shape index (κ3) is 2.93. The molecule has 1 N–H and O–H groups in total. The van der Waals surface area contributed by atoms with E-state index in [-0.39, 0.29) is 5.78 Å². The van der Waals surface area contributed by atoms with Gasteiger partial charge in [0.15, 0.2) is 5.78 Å². The van der Waals surface area contributed by atoms with Crippen molar-refractivity contribution in [1.82, 2.24) is 0 Å². The first-order chi connectivity index (χ1) is 8.39. The van der Waals surface area contributed by atoms with Gasteiger partial charge in [0.05, 0.1) is 5.60 Å². The Bertz CT molecular complexity index is 471. The fraction of sp³-hybridized carbons (Fsp3) is 0.500. The number of anilines is 1. The lowest BCUT2D eigenvalue weighted by Crippen LogP contribution is -2.46. The Hall–Kier alpha value is -0.870. The highest BCUT2D eigenvalue weighted by atomic mass is 79.9. The Morgan fingerprint density at radius 3 is 2.83 bits per heavy atom. The average Bonchev–Trinajstić information content (AvgIpc) is 2.27. The van der Waals surface area contributed by atoms with E-state index >= 15 is 0 Å². The van der Waals surface area contributed by atoms with Gasteiger partial charge < -0.3 is 10.0 Å². The van der Waals surface area contributed by atoms with Crippen LogP contribution in [0.4, 0.5) is 5.69 Å². The predicted molar refractivity (Wildman–Crippen MR) is 76.2 cm³/mol. The monoisotopic (exact) mass is 311 g/mol. The first-order valence-corrected chi connectivity index (χ1v) is 6.96. The number of halogens is 1. The number of carbonyl (C=O) groups is 1. The predicted octanol–water partition coefficient (Wildman–Crippen LogP) is 3.00. The second-order valence-corrected chi connectivity index (χ2v) is 6.16. The maximum Gasteiger partial charge on any atom is 0.161 e. The summed E-state index contributed by atoms with van der Waals surface area (Å²) in [5, 5.41) is 10.2. The van der Waals surface area contributed by atoms with E-state index in [0.717, 1.165) is 35.1 Å². The molecule has 0 saturated carbocycles. The van der Waals surface area contributed by atoms with Crippen molar-refractivity contribution in [2.75, 3.05) is 18.0 Å². The Labute approximate surface area is 116 Å². The molecule has 1 unspecified atom stereocenters. The molecule has 0 bridgehead atoms. The summed E-state index contributed by atoms with van der Waals surface area (Å²) < 4.78 is 0.952. The van der Waals surface area contributed by atoms with Gasteiger partial charge in [-0.1, -0.05) is 15.9 Å². The van der Waals surface area contributed by atoms with E-state index in [1.165, 1.54) is 0 Å². The molecule has 98 valence electrons. The van der Waals surface area contributed by atoms with Crippen molar-refractivity contribution in [3.05, 3.63) is 28.2 Å². The van der Waals surface area contributed by atoms with E-state index in [0.29, 0.717) is 6.54 Å². The number of ketones is 1. The van der Waals surface area contributed by atoms with E-state index in [1.54, 1.807) is 6.92 Å². The highest BCUT2D eigenvalue weighted by Crippen LogP contribution is 2.30. The van der Waals surface area contributed by atoms with Gasteiger partial charge in [-0.05, 0) is 44.9 Å². The van der Waals surface area contributed by atoms with Crippen LogP contribution in [-0.4, -0.2) is 29.6 Å². The molecule has 1 aromatic rings. The van der Waals surface area contributed by atoms with Crippen LogP contribution >= 0.6 is 15.9 Å². The van der Waals surface area contributed by atoms with E-state index < -0.39 is 5.60 Å². The number of piperidine rings is 1. The number of hydrogen-bond donors (Lipinski definition) is 1. The molecule has 0 spiro atoms. The van der Waals surface area contributed by atoms with Crippen LogP contribution in [0.25, 0.3) is 0 Å². The quantitative estimate of drug-likeness (QED) is 0.854. The van der Waals surface area contributed by atoms with Crippen molar-refractivity contribution in [1.29, 1.82) is 0 Å². The minimum atomic E-state index is -0.672. The molecule has 1 saturated heterocycles. The molecule has 0 radical (unpaired) electrons. The van der Waals surface area contributed by atoms with Gasteiger partial charge in [0, 0.05) is 28.8 Å². The number of rotatable bonds is 2. The van der Waals surface area contributed by atoms with Crippen LogP contribution in [0, 0.1) is 0 Å². The van der Waals surface area contributed by atoms with Gasteiger partial charge in [0.2, 0.25) is 0 Å². The Morgan fingerprint density at radius 1 is 1.50 bits per heavy atom. The third-order valence-corrected chi connectivity index (χ3v) is 3.85. The van der Waals surface area contributed by atoms with Crippen LogP contribution in [0.15, 0.2) is 22.7 Å². The van der Waals surface area contributed by atoms with Crippen molar-refractivity contribution >= 4 is 27.4 Å². The van der Waals surface area contributed by atoms with E-state index in [9.17, 15) is 9.90 Å². The van der Waals surface area contributed by atoms with Crippen molar-refractivity contribution in [2.24, 2.45) is 0 Å². The minimum absolute atomic E-state index is 0.0581. The second-order valence-electron chi connectivity index (χ2n) is 5.24. The molecular formula is C14H18BrNO2.